The summed E-state index contributed by atoms with van der Waals surface area (Å²) in [6.07, 6.45) is 5.62. The van der Waals surface area contributed by atoms with Crippen molar-refractivity contribution in [2.45, 2.75) is 19.9 Å². The first kappa shape index (κ1) is 19.5. The molecule has 0 radical (unpaired) electrons. The van der Waals surface area contributed by atoms with E-state index in [9.17, 15) is 9.90 Å². The van der Waals surface area contributed by atoms with E-state index in [0.29, 0.717) is 13.1 Å². The number of rotatable bonds is 8. The van der Waals surface area contributed by atoms with Gasteiger partial charge < -0.3 is 15.9 Å². The van der Waals surface area contributed by atoms with Crippen LogP contribution in [0.4, 0.5) is 0 Å². The van der Waals surface area contributed by atoms with Crippen LogP contribution in [0.3, 0.4) is 0 Å². The first-order chi connectivity index (χ1) is 9.08. The highest BCUT2D eigenvalue weighted by Crippen LogP contribution is 2.10. The van der Waals surface area contributed by atoms with Gasteiger partial charge in [0.15, 0.2) is 0 Å². The number of carboxylic acid groups (broad SMARTS) is 1. The summed E-state index contributed by atoms with van der Waals surface area (Å²) < 4.78 is 0. The lowest BCUT2D eigenvalue weighted by Crippen LogP contribution is -2.41. The third-order valence-electron chi connectivity index (χ3n) is 1.96. The number of carboxylic acids is 1. The van der Waals surface area contributed by atoms with Gasteiger partial charge in [0.2, 0.25) is 0 Å². The molecule has 0 saturated heterocycles. The van der Waals surface area contributed by atoms with Crippen molar-refractivity contribution in [3.63, 3.8) is 0 Å². The van der Waals surface area contributed by atoms with Gasteiger partial charge in [0.05, 0.1) is 0 Å². The molecule has 0 amide bonds. The molecule has 0 aliphatic carbocycles. The van der Waals surface area contributed by atoms with E-state index in [1.807, 2.05) is 13.8 Å². The summed E-state index contributed by atoms with van der Waals surface area (Å²) in [6, 6.07) is -1.04. The van der Waals surface area contributed by atoms with Crippen LogP contribution in [0.2, 0.25) is 0 Å². The van der Waals surface area contributed by atoms with Gasteiger partial charge in [-0.2, -0.15) is 0 Å². The van der Waals surface area contributed by atoms with Crippen molar-refractivity contribution >= 4 is 5.97 Å². The quantitative estimate of drug-likeness (QED) is 0.397. The Hall–Kier alpha value is -1.85. The molecule has 0 heterocycles. The van der Waals surface area contributed by atoms with Crippen molar-refractivity contribution in [2.24, 2.45) is 5.73 Å². The van der Waals surface area contributed by atoms with Crippen LogP contribution in [0.1, 0.15) is 13.8 Å². The minimum absolute atomic E-state index is 0.170. The molecule has 19 heavy (non-hydrogen) atoms. The molecule has 5 nitrogen and oxygen atoms in total. The third kappa shape index (κ3) is 7.96. The van der Waals surface area contributed by atoms with Gasteiger partial charge in [-0.3, -0.25) is 10.1 Å². The van der Waals surface area contributed by atoms with Gasteiger partial charge in [0.25, 0.3) is 0 Å². The summed E-state index contributed by atoms with van der Waals surface area (Å²) in [5.41, 5.74) is 5.47. The molecule has 5 heteroatoms. The number of nitrogens with one attached hydrogen (secondary N) is 1. The smallest absolute Gasteiger partial charge is 0.325 e. The van der Waals surface area contributed by atoms with E-state index in [2.05, 4.69) is 18.5 Å². The summed E-state index contributed by atoms with van der Waals surface area (Å²) in [7, 11) is 0. The summed E-state index contributed by atoms with van der Waals surface area (Å²) in [6.45, 7) is 11.6. The van der Waals surface area contributed by atoms with Crippen molar-refractivity contribution in [3.05, 3.63) is 48.8 Å². The maximum atomic E-state index is 11.0. The van der Waals surface area contributed by atoms with Gasteiger partial charge in [-0.1, -0.05) is 45.2 Å². The van der Waals surface area contributed by atoms with Crippen molar-refractivity contribution in [3.8, 4) is 0 Å². The van der Waals surface area contributed by atoms with E-state index in [0.717, 1.165) is 0 Å². The Labute approximate surface area is 114 Å². The standard InChI is InChI=1S/C12H18N2O3.C2H6/c1-3-5-6-10(15)9(4-2)11(12(16)17)14-8-7-13;1-2/h3-6,11,14-15H,1-2,7-8,13H2,(H,16,17);1-2H3/b6-5-,10-9-;. The Morgan fingerprint density at radius 1 is 1.37 bits per heavy atom. The average molecular weight is 268 g/mol. The predicted molar refractivity (Wildman–Crippen MR) is 79.0 cm³/mol. The van der Waals surface area contributed by atoms with Crippen LogP contribution in [-0.2, 0) is 4.79 Å². The van der Waals surface area contributed by atoms with Crippen molar-refractivity contribution in [1.82, 2.24) is 5.32 Å². The zero-order valence-corrected chi connectivity index (χ0v) is 11.6. The molecule has 0 aliphatic rings. The van der Waals surface area contributed by atoms with Crippen LogP contribution in [0.25, 0.3) is 0 Å². The molecule has 0 aliphatic heterocycles. The monoisotopic (exact) mass is 268 g/mol. The predicted octanol–water partition coefficient (Wildman–Crippen LogP) is 1.75. The van der Waals surface area contributed by atoms with Crippen LogP contribution >= 0.6 is 0 Å². The number of carbonyl (C=O) groups is 1. The molecule has 108 valence electrons. The lowest BCUT2D eigenvalue weighted by atomic mass is 10.1. The van der Waals surface area contributed by atoms with Gasteiger partial charge >= 0.3 is 5.97 Å². The number of allylic oxidation sites excluding steroid dienone is 3. The van der Waals surface area contributed by atoms with E-state index in [1.165, 1.54) is 24.3 Å². The molecule has 1 atom stereocenters. The summed E-state index contributed by atoms with van der Waals surface area (Å²) >= 11 is 0. The van der Waals surface area contributed by atoms with Gasteiger partial charge in [-0.05, 0) is 6.08 Å². The molecular weight excluding hydrogens is 244 g/mol. The fourth-order valence-corrected chi connectivity index (χ4v) is 1.18. The lowest BCUT2D eigenvalue weighted by Gasteiger charge is -2.15. The highest BCUT2D eigenvalue weighted by Gasteiger charge is 2.21. The highest BCUT2D eigenvalue weighted by molar-refractivity contribution is 5.78. The Morgan fingerprint density at radius 2 is 1.95 bits per heavy atom. The Bertz CT molecular complexity index is 347. The van der Waals surface area contributed by atoms with Gasteiger partial charge in [0.1, 0.15) is 11.8 Å². The van der Waals surface area contributed by atoms with Gasteiger partial charge in [-0.25, -0.2) is 0 Å². The fraction of sp³-hybridized carbons (Fsp3) is 0.357. The van der Waals surface area contributed by atoms with Crippen LogP contribution < -0.4 is 11.1 Å². The number of hydrogen-bond acceptors (Lipinski definition) is 4. The number of nitrogens with two attached hydrogens (primary N) is 1. The molecule has 0 rings (SSSR count). The summed E-state index contributed by atoms with van der Waals surface area (Å²) in [4.78, 5) is 11.0. The third-order valence-corrected chi connectivity index (χ3v) is 1.96. The lowest BCUT2D eigenvalue weighted by molar-refractivity contribution is -0.138. The topological polar surface area (TPSA) is 95.6 Å². The van der Waals surface area contributed by atoms with E-state index in [4.69, 9.17) is 10.8 Å². The van der Waals surface area contributed by atoms with Crippen molar-refractivity contribution < 1.29 is 15.0 Å². The van der Waals surface area contributed by atoms with Crippen LogP contribution in [-0.4, -0.2) is 35.3 Å². The van der Waals surface area contributed by atoms with Crippen LogP contribution in [0.15, 0.2) is 48.8 Å². The summed E-state index contributed by atoms with van der Waals surface area (Å²) in [5, 5.41) is 21.4. The van der Waals surface area contributed by atoms with Crippen molar-refractivity contribution in [2.75, 3.05) is 13.1 Å². The molecule has 0 spiro atoms. The minimum Gasteiger partial charge on any atom is -0.508 e. The second-order valence-electron chi connectivity index (χ2n) is 3.15. The second kappa shape index (κ2) is 12.6. The molecule has 0 aromatic heterocycles. The zero-order valence-electron chi connectivity index (χ0n) is 11.6. The molecule has 0 saturated carbocycles. The van der Waals surface area contributed by atoms with Gasteiger partial charge in [-0.15, -0.1) is 0 Å². The maximum absolute atomic E-state index is 11.0. The van der Waals surface area contributed by atoms with Crippen LogP contribution in [0.5, 0.6) is 0 Å². The van der Waals surface area contributed by atoms with Crippen LogP contribution in [0, 0.1) is 0 Å². The first-order valence-corrected chi connectivity index (χ1v) is 6.09. The molecule has 0 aromatic carbocycles. The Kier molecular flexibility index (Phi) is 12.9. The zero-order chi connectivity index (χ0) is 15.3. The first-order valence-electron chi connectivity index (χ1n) is 6.09. The largest absolute Gasteiger partial charge is 0.508 e. The van der Waals surface area contributed by atoms with Gasteiger partial charge in [0, 0.05) is 18.7 Å². The molecule has 0 fully saturated rings. The minimum atomic E-state index is -1.10. The van der Waals surface area contributed by atoms with E-state index < -0.39 is 12.0 Å². The molecule has 5 N–H and O–H groups in total. The molecule has 0 bridgehead atoms. The van der Waals surface area contributed by atoms with E-state index in [1.54, 1.807) is 0 Å². The van der Waals surface area contributed by atoms with Crippen molar-refractivity contribution in [1.29, 1.82) is 0 Å². The second-order valence-corrected chi connectivity index (χ2v) is 3.15. The Morgan fingerprint density at radius 3 is 2.32 bits per heavy atom. The van der Waals surface area contributed by atoms with E-state index >= 15 is 0 Å². The molecular formula is C14H24N2O3. The average Bonchev–Trinajstić information content (AvgIpc) is 2.42. The molecule has 1 unspecified atom stereocenters. The normalized spacial score (nSPS) is 13.0. The number of aliphatic carboxylic acids is 1. The Balaban J connectivity index is 0. The van der Waals surface area contributed by atoms with E-state index in [-0.39, 0.29) is 11.3 Å². The summed E-state index contributed by atoms with van der Waals surface area (Å²) in [5.74, 6) is -1.27. The maximum Gasteiger partial charge on any atom is 0.325 e. The fourth-order valence-electron chi connectivity index (χ4n) is 1.18. The SMILES string of the molecule is C=C/C=C\C(O)=C(/C=C)C(NCCN)C(=O)O.CC. The number of hydrogen-bond donors (Lipinski definition) is 4. The number of aliphatic hydroxyl groups excluding tert-OH is 1. The number of aliphatic hydroxyl groups is 1. The highest BCUT2D eigenvalue weighted by atomic mass is 16.4. The molecule has 0 aromatic rings.